The van der Waals surface area contributed by atoms with Crippen LogP contribution < -0.4 is 0 Å². The van der Waals surface area contributed by atoms with Gasteiger partial charge in [-0.15, -0.1) is 0 Å². The molecule has 0 saturated heterocycles. The molecule has 1 unspecified atom stereocenters. The van der Waals surface area contributed by atoms with E-state index in [0.29, 0.717) is 12.4 Å². The molecule has 20 heavy (non-hydrogen) atoms. The first-order valence-corrected chi connectivity index (χ1v) is 6.43. The molecule has 6 heteroatoms. The fraction of sp³-hybridized carbons (Fsp3) is 0.357. The minimum atomic E-state index is -0.630. The third-order valence-corrected chi connectivity index (χ3v) is 2.56. The van der Waals surface area contributed by atoms with Gasteiger partial charge in [0.25, 0.3) is 0 Å². The molecule has 1 atom stereocenters. The Bertz CT molecular complexity index is 553. The second-order valence-corrected chi connectivity index (χ2v) is 3.92. The average molecular weight is 276 g/mol. The maximum atomic E-state index is 11.5. The number of nitrogens with zero attached hydrogens (tertiary/aromatic N) is 2. The summed E-state index contributed by atoms with van der Waals surface area (Å²) >= 11 is 0. The van der Waals surface area contributed by atoms with Gasteiger partial charge in [-0.05, 0) is 19.4 Å². The Morgan fingerprint density at radius 2 is 2.00 bits per heavy atom. The van der Waals surface area contributed by atoms with Gasteiger partial charge in [0.1, 0.15) is 6.10 Å². The standard InChI is InChI=1S/C14H16N2O4/c1-3-18-11(10-8-6-5-7-9-10)12-15-13(20-16-12)14(17)19-4-2/h5-9,11H,3-4H2,1-2H3. The van der Waals surface area contributed by atoms with Crippen LogP contribution in [0.3, 0.4) is 0 Å². The van der Waals surface area contributed by atoms with Crippen LogP contribution in [0.1, 0.15) is 42.0 Å². The number of carbonyl (C=O) groups is 1. The largest absolute Gasteiger partial charge is 0.459 e. The highest BCUT2D eigenvalue weighted by atomic mass is 16.6. The lowest BCUT2D eigenvalue weighted by Gasteiger charge is -2.13. The third-order valence-electron chi connectivity index (χ3n) is 2.56. The zero-order valence-electron chi connectivity index (χ0n) is 11.4. The summed E-state index contributed by atoms with van der Waals surface area (Å²) < 4.78 is 15.4. The zero-order chi connectivity index (χ0) is 14.4. The fourth-order valence-electron chi connectivity index (χ4n) is 1.73. The predicted molar refractivity (Wildman–Crippen MR) is 70.2 cm³/mol. The van der Waals surface area contributed by atoms with Crippen molar-refractivity contribution in [2.24, 2.45) is 0 Å². The molecular formula is C14H16N2O4. The highest BCUT2D eigenvalue weighted by molar-refractivity contribution is 5.83. The second kappa shape index (κ2) is 6.81. The van der Waals surface area contributed by atoms with E-state index in [0.717, 1.165) is 5.56 Å². The summed E-state index contributed by atoms with van der Waals surface area (Å²) in [4.78, 5) is 15.6. The Labute approximate surface area is 116 Å². The van der Waals surface area contributed by atoms with Crippen molar-refractivity contribution in [3.8, 4) is 0 Å². The Hall–Kier alpha value is -2.21. The van der Waals surface area contributed by atoms with Crippen LogP contribution in [0.15, 0.2) is 34.9 Å². The van der Waals surface area contributed by atoms with Crippen molar-refractivity contribution in [1.29, 1.82) is 0 Å². The van der Waals surface area contributed by atoms with E-state index in [1.54, 1.807) is 6.92 Å². The Kier molecular flexibility index (Phi) is 4.84. The third kappa shape index (κ3) is 3.21. The molecule has 0 aliphatic heterocycles. The molecule has 0 radical (unpaired) electrons. The lowest BCUT2D eigenvalue weighted by molar-refractivity contribution is 0.0470. The minimum Gasteiger partial charge on any atom is -0.459 e. The van der Waals surface area contributed by atoms with Crippen molar-refractivity contribution < 1.29 is 18.8 Å². The van der Waals surface area contributed by atoms with Crippen LogP contribution in [-0.4, -0.2) is 29.3 Å². The molecule has 6 nitrogen and oxygen atoms in total. The van der Waals surface area contributed by atoms with E-state index < -0.39 is 12.1 Å². The summed E-state index contributed by atoms with van der Waals surface area (Å²) in [7, 11) is 0. The van der Waals surface area contributed by atoms with E-state index in [1.807, 2.05) is 37.3 Å². The van der Waals surface area contributed by atoms with Crippen LogP contribution in [0.2, 0.25) is 0 Å². The van der Waals surface area contributed by atoms with E-state index >= 15 is 0 Å². The van der Waals surface area contributed by atoms with Gasteiger partial charge in [0.2, 0.25) is 5.82 Å². The second-order valence-electron chi connectivity index (χ2n) is 3.92. The van der Waals surface area contributed by atoms with Crippen LogP contribution in [0.5, 0.6) is 0 Å². The molecule has 1 aromatic heterocycles. The molecule has 0 aliphatic rings. The monoisotopic (exact) mass is 276 g/mol. The smallest absolute Gasteiger partial charge is 0.397 e. The first-order chi connectivity index (χ1) is 9.76. The van der Waals surface area contributed by atoms with Crippen molar-refractivity contribution in [3.05, 3.63) is 47.6 Å². The van der Waals surface area contributed by atoms with Gasteiger partial charge in [0.05, 0.1) is 6.61 Å². The molecule has 2 aromatic rings. The number of esters is 1. The summed E-state index contributed by atoms with van der Waals surface area (Å²) in [6.07, 6.45) is -0.465. The fourth-order valence-corrected chi connectivity index (χ4v) is 1.73. The van der Waals surface area contributed by atoms with Crippen molar-refractivity contribution in [3.63, 3.8) is 0 Å². The van der Waals surface area contributed by atoms with Crippen molar-refractivity contribution in [2.45, 2.75) is 20.0 Å². The van der Waals surface area contributed by atoms with Gasteiger partial charge in [-0.1, -0.05) is 35.5 Å². The molecule has 106 valence electrons. The van der Waals surface area contributed by atoms with Gasteiger partial charge in [0.15, 0.2) is 0 Å². The minimum absolute atomic E-state index is 0.164. The number of aromatic nitrogens is 2. The number of carbonyl (C=O) groups excluding carboxylic acids is 1. The lowest BCUT2D eigenvalue weighted by Crippen LogP contribution is -2.09. The highest BCUT2D eigenvalue weighted by Crippen LogP contribution is 2.23. The van der Waals surface area contributed by atoms with E-state index in [-0.39, 0.29) is 12.5 Å². The number of ether oxygens (including phenoxy) is 2. The van der Waals surface area contributed by atoms with E-state index in [9.17, 15) is 4.79 Å². The highest BCUT2D eigenvalue weighted by Gasteiger charge is 2.23. The van der Waals surface area contributed by atoms with Gasteiger partial charge in [-0.25, -0.2) is 4.79 Å². The van der Waals surface area contributed by atoms with Crippen LogP contribution in [0.4, 0.5) is 0 Å². The van der Waals surface area contributed by atoms with Gasteiger partial charge in [-0.3, -0.25) is 0 Å². The number of hydrogen-bond acceptors (Lipinski definition) is 6. The molecule has 0 N–H and O–H groups in total. The summed E-state index contributed by atoms with van der Waals surface area (Å²) in [6, 6.07) is 9.51. The number of rotatable bonds is 6. The molecular weight excluding hydrogens is 260 g/mol. The average Bonchev–Trinajstić information content (AvgIpc) is 2.95. The molecule has 1 heterocycles. The van der Waals surface area contributed by atoms with E-state index in [2.05, 4.69) is 10.1 Å². The van der Waals surface area contributed by atoms with Crippen molar-refractivity contribution in [1.82, 2.24) is 10.1 Å². The summed E-state index contributed by atoms with van der Waals surface area (Å²) in [5.74, 6) is -0.488. The van der Waals surface area contributed by atoms with Crippen molar-refractivity contribution in [2.75, 3.05) is 13.2 Å². The SMILES string of the molecule is CCOC(=O)c1nc(C(OCC)c2ccccc2)no1. The van der Waals surface area contributed by atoms with Gasteiger partial charge in [-0.2, -0.15) is 4.98 Å². The first-order valence-electron chi connectivity index (χ1n) is 6.43. The molecule has 0 spiro atoms. The van der Waals surface area contributed by atoms with Gasteiger partial charge < -0.3 is 14.0 Å². The zero-order valence-corrected chi connectivity index (χ0v) is 11.4. The first kappa shape index (κ1) is 14.2. The molecule has 0 saturated carbocycles. The topological polar surface area (TPSA) is 74.5 Å². The summed E-state index contributed by atoms with van der Waals surface area (Å²) in [5.41, 5.74) is 0.894. The molecule has 0 fully saturated rings. The maximum absolute atomic E-state index is 11.5. The molecule has 0 aliphatic carbocycles. The molecule has 0 amide bonds. The Balaban J connectivity index is 2.24. The van der Waals surface area contributed by atoms with Crippen LogP contribution >= 0.6 is 0 Å². The Morgan fingerprint density at radius 1 is 1.25 bits per heavy atom. The summed E-state index contributed by atoms with van der Waals surface area (Å²) in [6.45, 7) is 4.33. The molecule has 2 rings (SSSR count). The summed E-state index contributed by atoms with van der Waals surface area (Å²) in [5, 5.41) is 3.80. The van der Waals surface area contributed by atoms with Gasteiger partial charge >= 0.3 is 11.9 Å². The van der Waals surface area contributed by atoms with Crippen LogP contribution in [0, 0.1) is 0 Å². The Morgan fingerprint density at radius 3 is 2.65 bits per heavy atom. The quantitative estimate of drug-likeness (QED) is 0.754. The maximum Gasteiger partial charge on any atom is 0.397 e. The van der Waals surface area contributed by atoms with Crippen LogP contribution in [-0.2, 0) is 9.47 Å². The number of hydrogen-bond donors (Lipinski definition) is 0. The van der Waals surface area contributed by atoms with E-state index in [4.69, 9.17) is 14.0 Å². The van der Waals surface area contributed by atoms with Crippen molar-refractivity contribution >= 4 is 5.97 Å². The van der Waals surface area contributed by atoms with Gasteiger partial charge in [0, 0.05) is 6.61 Å². The van der Waals surface area contributed by atoms with Crippen LogP contribution in [0.25, 0.3) is 0 Å². The lowest BCUT2D eigenvalue weighted by atomic mass is 10.1. The molecule has 1 aromatic carbocycles. The molecule has 0 bridgehead atoms. The predicted octanol–water partition coefficient (Wildman–Crippen LogP) is 2.37. The van der Waals surface area contributed by atoms with E-state index in [1.165, 1.54) is 0 Å². The number of benzene rings is 1. The normalized spacial score (nSPS) is 12.1.